The standard InChI is InChI=1S/C11H22N2O2/c1-8-6-12(5)9(7-14)10(15)13(8)11(2,3)4/h8-9,14H,6-7H2,1-5H3. The minimum absolute atomic E-state index is 0.0336. The molecule has 1 amide bonds. The van der Waals surface area contributed by atoms with Crippen LogP contribution in [0, 0.1) is 0 Å². The number of carbonyl (C=O) groups excluding carboxylic acids is 1. The van der Waals surface area contributed by atoms with E-state index in [4.69, 9.17) is 0 Å². The molecule has 1 fully saturated rings. The fourth-order valence-corrected chi connectivity index (χ4v) is 2.40. The Morgan fingerprint density at radius 1 is 1.47 bits per heavy atom. The van der Waals surface area contributed by atoms with E-state index in [9.17, 15) is 9.90 Å². The molecule has 0 aromatic carbocycles. The van der Waals surface area contributed by atoms with Gasteiger partial charge in [0.2, 0.25) is 5.91 Å². The summed E-state index contributed by atoms with van der Waals surface area (Å²) in [5.74, 6) is 0.0336. The molecule has 1 aliphatic rings. The number of amides is 1. The van der Waals surface area contributed by atoms with E-state index in [-0.39, 0.29) is 30.1 Å². The highest BCUT2D eigenvalue weighted by molar-refractivity contribution is 5.83. The second-order valence-corrected chi connectivity index (χ2v) is 5.37. The van der Waals surface area contributed by atoms with Crippen molar-refractivity contribution in [3.63, 3.8) is 0 Å². The lowest BCUT2D eigenvalue weighted by Gasteiger charge is -2.48. The number of nitrogens with zero attached hydrogens (tertiary/aromatic N) is 2. The second-order valence-electron chi connectivity index (χ2n) is 5.37. The van der Waals surface area contributed by atoms with Gasteiger partial charge < -0.3 is 10.0 Å². The van der Waals surface area contributed by atoms with Crippen LogP contribution < -0.4 is 0 Å². The predicted octanol–water partition coefficient (Wildman–Crippen LogP) is 0.308. The van der Waals surface area contributed by atoms with E-state index in [1.165, 1.54) is 0 Å². The van der Waals surface area contributed by atoms with Gasteiger partial charge in [-0.1, -0.05) is 0 Å². The Morgan fingerprint density at radius 3 is 2.40 bits per heavy atom. The number of piperazine rings is 1. The third kappa shape index (κ3) is 2.32. The maximum atomic E-state index is 12.1. The molecule has 15 heavy (non-hydrogen) atoms. The SMILES string of the molecule is CC1CN(C)C(CO)C(=O)N1C(C)(C)C. The molecule has 88 valence electrons. The Morgan fingerprint density at radius 2 is 2.00 bits per heavy atom. The Kier molecular flexibility index (Phi) is 3.41. The molecular weight excluding hydrogens is 192 g/mol. The van der Waals surface area contributed by atoms with Gasteiger partial charge in [0.1, 0.15) is 6.04 Å². The molecule has 0 saturated carbocycles. The van der Waals surface area contributed by atoms with Gasteiger partial charge >= 0.3 is 0 Å². The van der Waals surface area contributed by atoms with E-state index in [0.717, 1.165) is 6.54 Å². The van der Waals surface area contributed by atoms with Gasteiger partial charge in [-0.3, -0.25) is 9.69 Å². The van der Waals surface area contributed by atoms with E-state index < -0.39 is 0 Å². The summed E-state index contributed by atoms with van der Waals surface area (Å²) in [6, 6.07) is -0.175. The lowest BCUT2D eigenvalue weighted by Crippen LogP contribution is -2.65. The molecular formula is C11H22N2O2. The molecule has 0 radical (unpaired) electrons. The molecule has 0 aliphatic carbocycles. The summed E-state index contributed by atoms with van der Waals surface area (Å²) in [4.78, 5) is 16.0. The number of hydrogen-bond donors (Lipinski definition) is 1. The predicted molar refractivity (Wildman–Crippen MR) is 59.6 cm³/mol. The van der Waals surface area contributed by atoms with Crippen LogP contribution in [0.1, 0.15) is 27.7 Å². The van der Waals surface area contributed by atoms with Crippen molar-refractivity contribution in [3.05, 3.63) is 0 Å². The van der Waals surface area contributed by atoms with Crippen molar-refractivity contribution in [2.24, 2.45) is 0 Å². The molecule has 0 bridgehead atoms. The van der Waals surface area contributed by atoms with Gasteiger partial charge in [0.25, 0.3) is 0 Å². The molecule has 0 aromatic rings. The van der Waals surface area contributed by atoms with Gasteiger partial charge in [0, 0.05) is 18.1 Å². The van der Waals surface area contributed by atoms with E-state index in [2.05, 4.69) is 0 Å². The van der Waals surface area contributed by atoms with Crippen molar-refractivity contribution in [1.29, 1.82) is 0 Å². The smallest absolute Gasteiger partial charge is 0.243 e. The highest BCUT2D eigenvalue weighted by atomic mass is 16.3. The van der Waals surface area contributed by atoms with E-state index >= 15 is 0 Å². The van der Waals surface area contributed by atoms with Crippen LogP contribution in [0.25, 0.3) is 0 Å². The fourth-order valence-electron chi connectivity index (χ4n) is 2.40. The van der Waals surface area contributed by atoms with Crippen LogP contribution in [0.3, 0.4) is 0 Å². The minimum atomic E-state index is -0.375. The molecule has 0 spiro atoms. The van der Waals surface area contributed by atoms with Crippen molar-refractivity contribution < 1.29 is 9.90 Å². The molecule has 1 N–H and O–H groups in total. The zero-order valence-electron chi connectivity index (χ0n) is 10.3. The van der Waals surface area contributed by atoms with Crippen molar-refractivity contribution >= 4 is 5.91 Å². The largest absolute Gasteiger partial charge is 0.394 e. The summed E-state index contributed by atoms with van der Waals surface area (Å²) in [6.45, 7) is 8.85. The average molecular weight is 214 g/mol. The van der Waals surface area contributed by atoms with E-state index in [1.807, 2.05) is 44.5 Å². The van der Waals surface area contributed by atoms with Gasteiger partial charge in [-0.05, 0) is 34.7 Å². The Labute approximate surface area is 91.9 Å². The summed E-state index contributed by atoms with van der Waals surface area (Å²) in [5, 5.41) is 9.21. The lowest BCUT2D eigenvalue weighted by atomic mass is 9.98. The van der Waals surface area contributed by atoms with Gasteiger partial charge in [0.15, 0.2) is 0 Å². The number of likely N-dealkylation sites (N-methyl/N-ethyl adjacent to an activating group) is 1. The van der Waals surface area contributed by atoms with Crippen molar-refractivity contribution in [2.45, 2.75) is 45.3 Å². The van der Waals surface area contributed by atoms with E-state index in [1.54, 1.807) is 0 Å². The zero-order chi connectivity index (χ0) is 11.8. The van der Waals surface area contributed by atoms with Crippen LogP contribution in [-0.2, 0) is 4.79 Å². The maximum absolute atomic E-state index is 12.1. The fraction of sp³-hybridized carbons (Fsp3) is 0.909. The normalized spacial score (nSPS) is 29.7. The number of carbonyl (C=O) groups is 1. The summed E-state index contributed by atoms with van der Waals surface area (Å²) < 4.78 is 0. The van der Waals surface area contributed by atoms with Crippen LogP contribution in [0.2, 0.25) is 0 Å². The molecule has 1 saturated heterocycles. The monoisotopic (exact) mass is 214 g/mol. The third-order valence-corrected chi connectivity index (χ3v) is 2.94. The van der Waals surface area contributed by atoms with Crippen LogP contribution >= 0.6 is 0 Å². The molecule has 2 atom stereocenters. The van der Waals surface area contributed by atoms with Gasteiger partial charge in [-0.2, -0.15) is 0 Å². The first kappa shape index (κ1) is 12.5. The van der Waals surface area contributed by atoms with Crippen molar-refractivity contribution in [3.8, 4) is 0 Å². The Balaban J connectivity index is 2.93. The van der Waals surface area contributed by atoms with Crippen LogP contribution in [0.5, 0.6) is 0 Å². The first-order valence-corrected chi connectivity index (χ1v) is 5.43. The highest BCUT2D eigenvalue weighted by Gasteiger charge is 2.41. The Hall–Kier alpha value is -0.610. The average Bonchev–Trinajstić information content (AvgIpc) is 2.00. The first-order chi connectivity index (χ1) is 6.79. The topological polar surface area (TPSA) is 43.8 Å². The summed E-state index contributed by atoms with van der Waals surface area (Å²) in [7, 11) is 1.88. The highest BCUT2D eigenvalue weighted by Crippen LogP contribution is 2.24. The molecule has 4 nitrogen and oxygen atoms in total. The van der Waals surface area contributed by atoms with Crippen molar-refractivity contribution in [1.82, 2.24) is 9.80 Å². The van der Waals surface area contributed by atoms with E-state index in [0.29, 0.717) is 0 Å². The van der Waals surface area contributed by atoms with Gasteiger partial charge in [-0.25, -0.2) is 0 Å². The number of aliphatic hydroxyl groups excluding tert-OH is 1. The van der Waals surface area contributed by atoms with Gasteiger partial charge in [-0.15, -0.1) is 0 Å². The molecule has 2 unspecified atom stereocenters. The summed E-state index contributed by atoms with van der Waals surface area (Å²) in [6.07, 6.45) is 0. The lowest BCUT2D eigenvalue weighted by molar-refractivity contribution is -0.153. The zero-order valence-corrected chi connectivity index (χ0v) is 10.3. The van der Waals surface area contributed by atoms with Crippen LogP contribution in [-0.4, -0.2) is 58.6 Å². The van der Waals surface area contributed by atoms with Gasteiger partial charge in [0.05, 0.1) is 6.61 Å². The number of aliphatic hydroxyl groups is 1. The maximum Gasteiger partial charge on any atom is 0.243 e. The molecule has 0 aromatic heterocycles. The van der Waals surface area contributed by atoms with Crippen LogP contribution in [0.15, 0.2) is 0 Å². The molecule has 1 rings (SSSR count). The molecule has 4 heteroatoms. The number of rotatable bonds is 1. The summed E-state index contributed by atoms with van der Waals surface area (Å²) >= 11 is 0. The minimum Gasteiger partial charge on any atom is -0.394 e. The molecule has 1 aliphatic heterocycles. The van der Waals surface area contributed by atoms with Crippen LogP contribution in [0.4, 0.5) is 0 Å². The number of hydrogen-bond acceptors (Lipinski definition) is 3. The Bertz CT molecular complexity index is 247. The quantitative estimate of drug-likeness (QED) is 0.683. The molecule has 1 heterocycles. The summed E-state index contributed by atoms with van der Waals surface area (Å²) in [5.41, 5.74) is -0.175. The first-order valence-electron chi connectivity index (χ1n) is 5.43. The third-order valence-electron chi connectivity index (χ3n) is 2.94. The second kappa shape index (κ2) is 4.10. The van der Waals surface area contributed by atoms with Crippen molar-refractivity contribution in [2.75, 3.05) is 20.2 Å².